The second-order valence-electron chi connectivity index (χ2n) is 7.86. The van der Waals surface area contributed by atoms with Gasteiger partial charge in [-0.3, -0.25) is 9.69 Å². The molecule has 3 aromatic rings. The van der Waals surface area contributed by atoms with Crippen LogP contribution in [-0.4, -0.2) is 59.2 Å². The van der Waals surface area contributed by atoms with E-state index in [1.54, 1.807) is 18.3 Å². The molecule has 1 amide bonds. The molecular weight excluding hydrogens is 382 g/mol. The number of morpholine rings is 1. The molecule has 5 rings (SSSR count). The Bertz CT molecular complexity index is 1060. The van der Waals surface area contributed by atoms with Crippen molar-refractivity contribution in [2.75, 3.05) is 31.6 Å². The van der Waals surface area contributed by atoms with Crippen molar-refractivity contribution in [2.45, 2.75) is 25.0 Å². The van der Waals surface area contributed by atoms with E-state index >= 15 is 0 Å². The van der Waals surface area contributed by atoms with Gasteiger partial charge < -0.3 is 25.5 Å². The zero-order valence-corrected chi connectivity index (χ0v) is 16.6. The highest BCUT2D eigenvalue weighted by atomic mass is 16.5. The Morgan fingerprint density at radius 3 is 3.07 bits per heavy atom. The van der Waals surface area contributed by atoms with Gasteiger partial charge in [-0.25, -0.2) is 4.98 Å². The predicted octanol–water partition coefficient (Wildman–Crippen LogP) is 2.73. The molecule has 8 nitrogen and oxygen atoms in total. The number of fused-ring (bicyclic) bond motifs is 1. The number of H-pyrrole nitrogens is 1. The van der Waals surface area contributed by atoms with Gasteiger partial charge in [0, 0.05) is 49.0 Å². The van der Waals surface area contributed by atoms with Crippen molar-refractivity contribution >= 4 is 22.6 Å². The van der Waals surface area contributed by atoms with Crippen LogP contribution in [0.4, 0.5) is 5.69 Å². The standard InChI is InChI=1S/C22H25N5O3/c23-21(28)19-4-1-15(25-12-18-13-27(7-8-29-18)16-2-3-16)10-20(19)30-17-9-14-5-6-24-22(14)26-11-17/h1,4-6,9-11,16,18,25H,2-3,7-8,12-13H2,(H2,23,28)(H,24,26)/t18-/m1/s1. The predicted molar refractivity (Wildman–Crippen MR) is 114 cm³/mol. The Morgan fingerprint density at radius 1 is 1.33 bits per heavy atom. The molecule has 0 spiro atoms. The molecule has 2 aliphatic rings. The first-order valence-electron chi connectivity index (χ1n) is 10.3. The topological polar surface area (TPSA) is 106 Å². The van der Waals surface area contributed by atoms with Crippen LogP contribution in [0.25, 0.3) is 11.0 Å². The number of amides is 1. The molecule has 1 aliphatic carbocycles. The number of hydrogen-bond donors (Lipinski definition) is 3. The molecule has 1 atom stereocenters. The molecule has 8 heteroatoms. The summed E-state index contributed by atoms with van der Waals surface area (Å²) in [6.45, 7) is 3.43. The zero-order chi connectivity index (χ0) is 20.5. The number of benzene rings is 1. The summed E-state index contributed by atoms with van der Waals surface area (Å²) >= 11 is 0. The van der Waals surface area contributed by atoms with E-state index < -0.39 is 5.91 Å². The number of ether oxygens (including phenoxy) is 2. The number of nitrogens with one attached hydrogen (secondary N) is 2. The maximum Gasteiger partial charge on any atom is 0.252 e. The summed E-state index contributed by atoms with van der Waals surface area (Å²) in [5.41, 5.74) is 7.49. The number of carbonyl (C=O) groups excluding carboxylic acids is 1. The zero-order valence-electron chi connectivity index (χ0n) is 16.6. The van der Waals surface area contributed by atoms with Crippen LogP contribution in [0.5, 0.6) is 11.5 Å². The third-order valence-corrected chi connectivity index (χ3v) is 5.62. The van der Waals surface area contributed by atoms with E-state index in [0.717, 1.165) is 42.5 Å². The lowest BCUT2D eigenvalue weighted by atomic mass is 10.1. The number of aromatic nitrogens is 2. The van der Waals surface area contributed by atoms with Gasteiger partial charge in [0.05, 0.1) is 24.5 Å². The SMILES string of the molecule is NC(=O)c1ccc(NC[C@@H]2CN(C3CC3)CCO2)cc1Oc1cnc2[nH]ccc2c1. The number of aromatic amines is 1. The summed E-state index contributed by atoms with van der Waals surface area (Å²) in [6, 6.07) is 9.84. The molecule has 0 bridgehead atoms. The van der Waals surface area contributed by atoms with E-state index in [4.69, 9.17) is 15.2 Å². The number of hydrogen-bond acceptors (Lipinski definition) is 6. The Hall–Kier alpha value is -3.10. The van der Waals surface area contributed by atoms with Gasteiger partial charge in [0.2, 0.25) is 0 Å². The number of carbonyl (C=O) groups is 1. The van der Waals surface area contributed by atoms with Crippen LogP contribution in [0, 0.1) is 0 Å². The molecule has 4 N–H and O–H groups in total. The Morgan fingerprint density at radius 2 is 2.23 bits per heavy atom. The third kappa shape index (κ3) is 4.10. The van der Waals surface area contributed by atoms with E-state index in [-0.39, 0.29) is 6.10 Å². The number of nitrogens with two attached hydrogens (primary N) is 1. The first-order chi connectivity index (χ1) is 14.7. The van der Waals surface area contributed by atoms with Gasteiger partial charge in [0.15, 0.2) is 0 Å². The van der Waals surface area contributed by atoms with E-state index in [2.05, 4.69) is 20.2 Å². The van der Waals surface area contributed by atoms with E-state index in [1.807, 2.05) is 24.4 Å². The largest absolute Gasteiger partial charge is 0.455 e. The molecule has 3 heterocycles. The highest BCUT2D eigenvalue weighted by Gasteiger charge is 2.32. The minimum Gasteiger partial charge on any atom is -0.455 e. The monoisotopic (exact) mass is 407 g/mol. The smallest absolute Gasteiger partial charge is 0.252 e. The van der Waals surface area contributed by atoms with Crippen molar-refractivity contribution in [2.24, 2.45) is 5.73 Å². The fraction of sp³-hybridized carbons (Fsp3) is 0.364. The third-order valence-electron chi connectivity index (χ3n) is 5.62. The quantitative estimate of drug-likeness (QED) is 0.556. The van der Waals surface area contributed by atoms with Crippen LogP contribution in [0.2, 0.25) is 0 Å². The molecule has 0 unspecified atom stereocenters. The minimum atomic E-state index is -0.539. The molecule has 156 valence electrons. The van der Waals surface area contributed by atoms with Crippen LogP contribution in [0.1, 0.15) is 23.2 Å². The van der Waals surface area contributed by atoms with Gasteiger partial charge in [0.25, 0.3) is 5.91 Å². The first-order valence-corrected chi connectivity index (χ1v) is 10.3. The summed E-state index contributed by atoms with van der Waals surface area (Å²) < 4.78 is 11.9. The fourth-order valence-electron chi connectivity index (χ4n) is 3.89. The van der Waals surface area contributed by atoms with E-state index in [9.17, 15) is 4.79 Å². The van der Waals surface area contributed by atoms with Crippen LogP contribution in [0.15, 0.2) is 42.7 Å². The molecule has 1 saturated carbocycles. The van der Waals surface area contributed by atoms with Gasteiger partial charge in [-0.05, 0) is 37.1 Å². The number of primary amides is 1. The maximum atomic E-state index is 11.9. The van der Waals surface area contributed by atoms with Crippen LogP contribution < -0.4 is 15.8 Å². The lowest BCUT2D eigenvalue weighted by Crippen LogP contribution is -2.46. The van der Waals surface area contributed by atoms with E-state index in [0.29, 0.717) is 23.6 Å². The van der Waals surface area contributed by atoms with E-state index in [1.165, 1.54) is 12.8 Å². The highest BCUT2D eigenvalue weighted by Crippen LogP contribution is 2.30. The molecule has 30 heavy (non-hydrogen) atoms. The van der Waals surface area contributed by atoms with Crippen LogP contribution in [-0.2, 0) is 4.74 Å². The summed E-state index contributed by atoms with van der Waals surface area (Å²) in [5.74, 6) is 0.397. The Labute approximate surface area is 174 Å². The second-order valence-corrected chi connectivity index (χ2v) is 7.86. The van der Waals surface area contributed by atoms with Gasteiger partial charge in [0.1, 0.15) is 17.1 Å². The van der Waals surface area contributed by atoms with Crippen molar-refractivity contribution in [1.82, 2.24) is 14.9 Å². The average Bonchev–Trinajstić information content (AvgIpc) is 3.50. The summed E-state index contributed by atoms with van der Waals surface area (Å²) in [6.07, 6.45) is 6.18. The van der Waals surface area contributed by atoms with Crippen LogP contribution in [0.3, 0.4) is 0 Å². The molecule has 1 aromatic carbocycles. The van der Waals surface area contributed by atoms with Gasteiger partial charge in [-0.15, -0.1) is 0 Å². The minimum absolute atomic E-state index is 0.139. The Balaban J connectivity index is 1.30. The number of pyridine rings is 1. The van der Waals surface area contributed by atoms with Crippen molar-refractivity contribution in [1.29, 1.82) is 0 Å². The number of anilines is 1. The normalized spacial score (nSPS) is 19.7. The molecule has 1 saturated heterocycles. The van der Waals surface area contributed by atoms with Gasteiger partial charge in [-0.1, -0.05) is 0 Å². The molecule has 1 aliphatic heterocycles. The highest BCUT2D eigenvalue weighted by molar-refractivity contribution is 5.96. The van der Waals surface area contributed by atoms with Gasteiger partial charge >= 0.3 is 0 Å². The average molecular weight is 407 g/mol. The van der Waals surface area contributed by atoms with Crippen molar-refractivity contribution in [3.05, 3.63) is 48.3 Å². The molecule has 2 fully saturated rings. The second kappa shape index (κ2) is 7.97. The van der Waals surface area contributed by atoms with Crippen LogP contribution >= 0.6 is 0 Å². The number of nitrogens with zero attached hydrogens (tertiary/aromatic N) is 2. The van der Waals surface area contributed by atoms with Gasteiger partial charge in [-0.2, -0.15) is 0 Å². The summed E-state index contributed by atoms with van der Waals surface area (Å²) in [7, 11) is 0. The lowest BCUT2D eigenvalue weighted by Gasteiger charge is -2.33. The lowest BCUT2D eigenvalue weighted by molar-refractivity contribution is -0.0241. The van der Waals surface area contributed by atoms with Crippen molar-refractivity contribution in [3.63, 3.8) is 0 Å². The van der Waals surface area contributed by atoms with Crippen molar-refractivity contribution < 1.29 is 14.3 Å². The molecule has 2 aromatic heterocycles. The molecular formula is C22H25N5O3. The first kappa shape index (κ1) is 18.9. The molecule has 0 radical (unpaired) electrons. The summed E-state index contributed by atoms with van der Waals surface area (Å²) in [5, 5.41) is 4.34. The maximum absolute atomic E-state index is 11.9. The summed E-state index contributed by atoms with van der Waals surface area (Å²) in [4.78, 5) is 21.8. The van der Waals surface area contributed by atoms with Crippen molar-refractivity contribution in [3.8, 4) is 11.5 Å². The number of rotatable bonds is 7. The fourth-order valence-corrected chi connectivity index (χ4v) is 3.89. The Kier molecular flexibility index (Phi) is 5.02.